The molecular formula is C19H27BrFN3O. The third-order valence-electron chi connectivity index (χ3n) is 5.41. The van der Waals surface area contributed by atoms with Crippen LogP contribution in [0.4, 0.5) is 4.39 Å². The van der Waals surface area contributed by atoms with Crippen LogP contribution in [0.25, 0.3) is 0 Å². The van der Waals surface area contributed by atoms with Gasteiger partial charge in [0.15, 0.2) is 0 Å². The van der Waals surface area contributed by atoms with Crippen molar-refractivity contribution < 1.29 is 9.18 Å². The Morgan fingerprint density at radius 1 is 1.24 bits per heavy atom. The molecule has 6 heteroatoms. The molecule has 2 aliphatic rings. The summed E-state index contributed by atoms with van der Waals surface area (Å²) < 4.78 is 14.6. The second-order valence-corrected chi connectivity index (χ2v) is 8.13. The highest BCUT2D eigenvalue weighted by molar-refractivity contribution is 9.10. The van der Waals surface area contributed by atoms with Crippen LogP contribution in [0.2, 0.25) is 0 Å². The minimum Gasteiger partial charge on any atom is -0.340 e. The molecule has 1 aromatic carbocycles. The average Bonchev–Trinajstić information content (AvgIpc) is 2.61. The van der Waals surface area contributed by atoms with E-state index in [2.05, 4.69) is 32.8 Å². The Morgan fingerprint density at radius 2 is 2.00 bits per heavy atom. The van der Waals surface area contributed by atoms with Gasteiger partial charge in [-0.2, -0.15) is 0 Å². The second-order valence-electron chi connectivity index (χ2n) is 7.21. The van der Waals surface area contributed by atoms with Crippen LogP contribution in [0.3, 0.4) is 0 Å². The number of halogens is 2. The largest absolute Gasteiger partial charge is 0.340 e. The minimum atomic E-state index is -0.242. The van der Waals surface area contributed by atoms with Gasteiger partial charge in [-0.3, -0.25) is 9.69 Å². The molecule has 2 heterocycles. The van der Waals surface area contributed by atoms with Crippen molar-refractivity contribution in [2.45, 2.75) is 31.7 Å². The number of piperazine rings is 1. The molecule has 0 aliphatic carbocycles. The predicted octanol–water partition coefficient (Wildman–Crippen LogP) is 2.76. The Bertz CT molecular complexity index is 604. The minimum absolute atomic E-state index is 0.141. The molecule has 2 aliphatic heterocycles. The fourth-order valence-corrected chi connectivity index (χ4v) is 4.23. The summed E-state index contributed by atoms with van der Waals surface area (Å²) in [6.07, 6.45) is 3.37. The van der Waals surface area contributed by atoms with Crippen LogP contribution in [0, 0.1) is 5.82 Å². The molecule has 1 atom stereocenters. The highest BCUT2D eigenvalue weighted by atomic mass is 79.9. The lowest BCUT2D eigenvalue weighted by Gasteiger charge is -2.42. The molecule has 1 unspecified atom stereocenters. The van der Waals surface area contributed by atoms with Crippen molar-refractivity contribution in [1.82, 2.24) is 14.7 Å². The lowest BCUT2D eigenvalue weighted by Crippen LogP contribution is -2.55. The summed E-state index contributed by atoms with van der Waals surface area (Å²) >= 11 is 3.26. The Hall–Kier alpha value is -0.980. The maximum absolute atomic E-state index is 13.9. The van der Waals surface area contributed by atoms with Gasteiger partial charge in [0.25, 0.3) is 0 Å². The number of rotatable bonds is 4. The predicted molar refractivity (Wildman–Crippen MR) is 101 cm³/mol. The number of carbonyl (C=O) groups is 1. The first-order valence-corrected chi connectivity index (χ1v) is 9.96. The van der Waals surface area contributed by atoms with Gasteiger partial charge in [0.1, 0.15) is 5.82 Å². The first kappa shape index (κ1) is 18.8. The van der Waals surface area contributed by atoms with Crippen LogP contribution < -0.4 is 0 Å². The van der Waals surface area contributed by atoms with Crippen molar-refractivity contribution in [3.05, 3.63) is 34.1 Å². The Morgan fingerprint density at radius 3 is 2.68 bits per heavy atom. The van der Waals surface area contributed by atoms with E-state index in [0.717, 1.165) is 37.2 Å². The van der Waals surface area contributed by atoms with Crippen molar-refractivity contribution in [3.8, 4) is 0 Å². The van der Waals surface area contributed by atoms with E-state index in [9.17, 15) is 9.18 Å². The van der Waals surface area contributed by atoms with Gasteiger partial charge in [-0.1, -0.05) is 22.0 Å². The van der Waals surface area contributed by atoms with Crippen LogP contribution >= 0.6 is 15.9 Å². The number of likely N-dealkylation sites (tertiary alicyclic amines) is 1. The topological polar surface area (TPSA) is 26.8 Å². The second kappa shape index (κ2) is 8.60. The molecule has 2 fully saturated rings. The molecule has 0 spiro atoms. The van der Waals surface area contributed by atoms with E-state index < -0.39 is 0 Å². The number of hydrogen-bond donors (Lipinski definition) is 0. The summed E-state index contributed by atoms with van der Waals surface area (Å²) in [5.74, 6) is -0.101. The molecule has 2 saturated heterocycles. The van der Waals surface area contributed by atoms with Gasteiger partial charge in [0.05, 0.1) is 0 Å². The summed E-state index contributed by atoms with van der Waals surface area (Å²) in [6.45, 7) is 5.83. The van der Waals surface area contributed by atoms with Crippen LogP contribution in [0.5, 0.6) is 0 Å². The third-order valence-corrected chi connectivity index (χ3v) is 5.90. The highest BCUT2D eigenvalue weighted by Crippen LogP contribution is 2.19. The molecule has 25 heavy (non-hydrogen) atoms. The van der Waals surface area contributed by atoms with Gasteiger partial charge in [-0.05, 0) is 50.6 Å². The van der Waals surface area contributed by atoms with E-state index in [-0.39, 0.29) is 11.7 Å². The first-order chi connectivity index (χ1) is 12.0. The van der Waals surface area contributed by atoms with Gasteiger partial charge >= 0.3 is 0 Å². The van der Waals surface area contributed by atoms with Gasteiger partial charge in [-0.25, -0.2) is 4.39 Å². The maximum atomic E-state index is 13.9. The van der Waals surface area contributed by atoms with Gasteiger partial charge in [-0.15, -0.1) is 0 Å². The highest BCUT2D eigenvalue weighted by Gasteiger charge is 2.28. The van der Waals surface area contributed by atoms with Crippen molar-refractivity contribution in [3.63, 3.8) is 0 Å². The summed E-state index contributed by atoms with van der Waals surface area (Å²) in [5, 5.41) is 0. The normalized spacial score (nSPS) is 23.0. The number of likely N-dealkylation sites (N-methyl/N-ethyl adjacent to an activating group) is 1. The smallest absolute Gasteiger partial charge is 0.222 e. The molecule has 1 aromatic rings. The Labute approximate surface area is 158 Å². The van der Waals surface area contributed by atoms with E-state index >= 15 is 0 Å². The number of benzene rings is 1. The molecule has 0 radical (unpaired) electrons. The van der Waals surface area contributed by atoms with E-state index in [0.29, 0.717) is 24.4 Å². The van der Waals surface area contributed by atoms with Crippen molar-refractivity contribution in [2.24, 2.45) is 0 Å². The molecule has 1 amide bonds. The summed E-state index contributed by atoms with van der Waals surface area (Å²) in [4.78, 5) is 19.3. The molecule has 0 saturated carbocycles. The third kappa shape index (κ3) is 5.02. The lowest BCUT2D eigenvalue weighted by molar-refractivity contribution is -0.133. The molecule has 138 valence electrons. The number of aryl methyl sites for hydroxylation is 1. The van der Waals surface area contributed by atoms with Crippen molar-refractivity contribution in [1.29, 1.82) is 0 Å². The number of carbonyl (C=O) groups excluding carboxylic acids is 1. The van der Waals surface area contributed by atoms with Crippen LogP contribution in [0.1, 0.15) is 24.8 Å². The average molecular weight is 412 g/mol. The van der Waals surface area contributed by atoms with Crippen molar-refractivity contribution in [2.75, 3.05) is 46.3 Å². The lowest BCUT2D eigenvalue weighted by atomic mass is 10.0. The number of piperidine rings is 1. The van der Waals surface area contributed by atoms with Crippen LogP contribution in [-0.2, 0) is 11.2 Å². The summed E-state index contributed by atoms with van der Waals surface area (Å²) in [6, 6.07) is 5.67. The summed E-state index contributed by atoms with van der Waals surface area (Å²) in [7, 11) is 2.19. The number of nitrogens with zero attached hydrogens (tertiary/aromatic N) is 3. The maximum Gasteiger partial charge on any atom is 0.222 e. The van der Waals surface area contributed by atoms with Crippen LogP contribution in [0.15, 0.2) is 22.7 Å². The summed E-state index contributed by atoms with van der Waals surface area (Å²) in [5.41, 5.74) is 0.612. The molecule has 0 bridgehead atoms. The number of amides is 1. The SMILES string of the molecule is CN1CCCC(N2CCN(C(=O)CCc3ccc(Br)cc3F)CC2)C1. The number of hydrogen-bond acceptors (Lipinski definition) is 3. The van der Waals surface area contributed by atoms with E-state index in [1.54, 1.807) is 6.07 Å². The van der Waals surface area contributed by atoms with Gasteiger partial charge in [0.2, 0.25) is 5.91 Å². The Balaban J connectivity index is 1.45. The quantitative estimate of drug-likeness (QED) is 0.761. The molecular weight excluding hydrogens is 385 g/mol. The molecule has 3 rings (SSSR count). The van der Waals surface area contributed by atoms with Crippen molar-refractivity contribution >= 4 is 21.8 Å². The monoisotopic (exact) mass is 411 g/mol. The van der Waals surface area contributed by atoms with E-state index in [1.807, 2.05) is 11.0 Å². The Kier molecular flexibility index (Phi) is 6.47. The van der Waals surface area contributed by atoms with E-state index in [4.69, 9.17) is 0 Å². The zero-order chi connectivity index (χ0) is 17.8. The van der Waals surface area contributed by atoms with Gasteiger partial charge in [0, 0.05) is 49.7 Å². The van der Waals surface area contributed by atoms with E-state index in [1.165, 1.54) is 25.5 Å². The first-order valence-electron chi connectivity index (χ1n) is 9.17. The molecule has 0 aromatic heterocycles. The van der Waals surface area contributed by atoms with Crippen LogP contribution in [-0.4, -0.2) is 73.0 Å². The standard InChI is InChI=1S/C19H27BrFN3O/c1-22-8-2-3-17(14-22)23-9-11-24(12-10-23)19(25)7-5-15-4-6-16(20)13-18(15)21/h4,6,13,17H,2-3,5,7-12,14H2,1H3. The zero-order valence-corrected chi connectivity index (χ0v) is 16.5. The molecule has 0 N–H and O–H groups in total. The molecule has 4 nitrogen and oxygen atoms in total. The zero-order valence-electron chi connectivity index (χ0n) is 14.9. The fraction of sp³-hybridized carbons (Fsp3) is 0.632. The fourth-order valence-electron chi connectivity index (χ4n) is 3.90. The van der Waals surface area contributed by atoms with Gasteiger partial charge < -0.3 is 9.80 Å².